The number of carbonyl (C=O) groups excluding carboxylic acids is 1. The topological polar surface area (TPSA) is 66.9 Å². The van der Waals surface area contributed by atoms with Crippen molar-refractivity contribution in [2.45, 2.75) is 18.9 Å². The van der Waals surface area contributed by atoms with Crippen LogP contribution in [-0.2, 0) is 0 Å². The van der Waals surface area contributed by atoms with E-state index in [1.165, 1.54) is 12.8 Å². The van der Waals surface area contributed by atoms with Gasteiger partial charge in [-0.15, -0.1) is 16.8 Å². The van der Waals surface area contributed by atoms with Gasteiger partial charge in [0.25, 0.3) is 5.91 Å². The summed E-state index contributed by atoms with van der Waals surface area (Å²) < 4.78 is 0. The highest BCUT2D eigenvalue weighted by Gasteiger charge is 2.21. The van der Waals surface area contributed by atoms with Crippen LogP contribution in [0.5, 0.6) is 0 Å². The van der Waals surface area contributed by atoms with Gasteiger partial charge in [0.15, 0.2) is 5.69 Å². The Morgan fingerprint density at radius 1 is 1.50 bits per heavy atom. The second-order valence-electron chi connectivity index (χ2n) is 3.72. The van der Waals surface area contributed by atoms with Gasteiger partial charge in [-0.1, -0.05) is 6.08 Å². The molecular formula is C11H14N4O. The quantitative estimate of drug-likeness (QED) is 0.722. The maximum Gasteiger partial charge on any atom is 0.272 e. The van der Waals surface area contributed by atoms with Crippen LogP contribution in [0.3, 0.4) is 0 Å². The van der Waals surface area contributed by atoms with E-state index in [0.29, 0.717) is 18.3 Å². The molecule has 0 saturated heterocycles. The van der Waals surface area contributed by atoms with Gasteiger partial charge in [-0.3, -0.25) is 4.79 Å². The predicted octanol–water partition coefficient (Wildman–Crippen LogP) is 0.967. The van der Waals surface area contributed by atoms with E-state index in [2.05, 4.69) is 27.4 Å². The van der Waals surface area contributed by atoms with E-state index < -0.39 is 0 Å². The molecule has 1 aliphatic rings. The number of nitrogens with zero attached hydrogens (tertiary/aromatic N) is 2. The Labute approximate surface area is 94.0 Å². The van der Waals surface area contributed by atoms with Gasteiger partial charge in [0, 0.05) is 12.6 Å². The first-order valence-corrected chi connectivity index (χ1v) is 5.29. The molecule has 5 heteroatoms. The van der Waals surface area contributed by atoms with Crippen LogP contribution in [0, 0.1) is 0 Å². The van der Waals surface area contributed by atoms with Crippen LogP contribution < -0.4 is 10.6 Å². The number of rotatable bonds is 5. The van der Waals surface area contributed by atoms with Crippen LogP contribution in [0.25, 0.3) is 0 Å². The normalized spacial score (nSPS) is 14.2. The van der Waals surface area contributed by atoms with E-state index in [4.69, 9.17) is 0 Å². The summed E-state index contributed by atoms with van der Waals surface area (Å²) in [7, 11) is 0. The maximum absolute atomic E-state index is 11.5. The molecule has 0 spiro atoms. The predicted molar refractivity (Wildman–Crippen MR) is 61.2 cm³/mol. The Hall–Kier alpha value is -1.91. The van der Waals surface area contributed by atoms with E-state index in [1.54, 1.807) is 18.2 Å². The fraction of sp³-hybridized carbons (Fsp3) is 0.364. The summed E-state index contributed by atoms with van der Waals surface area (Å²) in [5.74, 6) is 0.494. The van der Waals surface area contributed by atoms with E-state index in [1.807, 2.05) is 0 Å². The minimum atomic E-state index is -0.231. The molecule has 1 saturated carbocycles. The fourth-order valence-corrected chi connectivity index (χ4v) is 1.22. The van der Waals surface area contributed by atoms with E-state index in [-0.39, 0.29) is 5.91 Å². The molecule has 2 N–H and O–H groups in total. The molecule has 1 aromatic heterocycles. The summed E-state index contributed by atoms with van der Waals surface area (Å²) in [6.07, 6.45) is 3.99. The molecule has 1 amide bonds. The lowest BCUT2D eigenvalue weighted by atomic mass is 10.3. The second kappa shape index (κ2) is 4.74. The molecule has 0 aliphatic heterocycles. The standard InChI is InChI=1S/C11H14N4O/c1-2-7-12-11(16)9-5-6-10(15-14-9)13-8-3-4-8/h2,5-6,8H,1,3-4,7H2,(H,12,16)(H,13,15). The van der Waals surface area contributed by atoms with Crippen molar-refractivity contribution >= 4 is 11.7 Å². The number of amides is 1. The molecule has 16 heavy (non-hydrogen) atoms. The summed E-state index contributed by atoms with van der Waals surface area (Å²) in [6.45, 7) is 3.95. The number of anilines is 1. The van der Waals surface area contributed by atoms with Gasteiger partial charge >= 0.3 is 0 Å². The molecule has 0 atom stereocenters. The first-order valence-electron chi connectivity index (χ1n) is 5.29. The average Bonchev–Trinajstić information content (AvgIpc) is 3.11. The van der Waals surface area contributed by atoms with Crippen molar-refractivity contribution in [3.8, 4) is 0 Å². The van der Waals surface area contributed by atoms with Crippen molar-refractivity contribution < 1.29 is 4.79 Å². The molecule has 1 aliphatic carbocycles. The van der Waals surface area contributed by atoms with E-state index in [0.717, 1.165) is 5.82 Å². The summed E-state index contributed by atoms with van der Waals surface area (Å²) in [5, 5.41) is 13.6. The Morgan fingerprint density at radius 3 is 2.88 bits per heavy atom. The maximum atomic E-state index is 11.5. The lowest BCUT2D eigenvalue weighted by Crippen LogP contribution is -2.24. The first kappa shape index (κ1) is 10.6. The smallest absolute Gasteiger partial charge is 0.272 e. The molecule has 0 unspecified atom stereocenters. The summed E-state index contributed by atoms with van der Waals surface area (Å²) in [6, 6.07) is 3.97. The van der Waals surface area contributed by atoms with Crippen molar-refractivity contribution in [3.05, 3.63) is 30.5 Å². The minimum Gasteiger partial charge on any atom is -0.366 e. The van der Waals surface area contributed by atoms with Gasteiger partial charge in [-0.25, -0.2) is 0 Å². The third-order valence-corrected chi connectivity index (χ3v) is 2.23. The molecular weight excluding hydrogens is 204 g/mol. The number of hydrogen-bond donors (Lipinski definition) is 2. The van der Waals surface area contributed by atoms with Gasteiger partial charge < -0.3 is 10.6 Å². The SMILES string of the molecule is C=CCNC(=O)c1ccc(NC2CC2)nn1. The molecule has 1 heterocycles. The molecule has 1 fully saturated rings. The highest BCUT2D eigenvalue weighted by Crippen LogP contribution is 2.23. The third-order valence-electron chi connectivity index (χ3n) is 2.23. The van der Waals surface area contributed by atoms with Gasteiger partial charge in [-0.05, 0) is 25.0 Å². The monoisotopic (exact) mass is 218 g/mol. The highest BCUT2D eigenvalue weighted by molar-refractivity contribution is 5.92. The van der Waals surface area contributed by atoms with Crippen molar-refractivity contribution in [2.75, 3.05) is 11.9 Å². The summed E-state index contributed by atoms with van der Waals surface area (Å²) >= 11 is 0. The first-order chi connectivity index (χ1) is 7.79. The summed E-state index contributed by atoms with van der Waals surface area (Å²) in [4.78, 5) is 11.5. The molecule has 5 nitrogen and oxygen atoms in total. The van der Waals surface area contributed by atoms with Crippen LogP contribution in [0.1, 0.15) is 23.3 Å². The molecule has 2 rings (SSSR count). The Kier molecular flexibility index (Phi) is 3.14. The van der Waals surface area contributed by atoms with Gasteiger partial charge in [0.2, 0.25) is 0 Å². The van der Waals surface area contributed by atoms with Crippen LogP contribution in [0.15, 0.2) is 24.8 Å². The van der Waals surface area contributed by atoms with E-state index in [9.17, 15) is 4.79 Å². The fourth-order valence-electron chi connectivity index (χ4n) is 1.22. The zero-order valence-electron chi connectivity index (χ0n) is 8.94. The minimum absolute atomic E-state index is 0.231. The van der Waals surface area contributed by atoms with Crippen LogP contribution in [0.4, 0.5) is 5.82 Å². The third kappa shape index (κ3) is 2.79. The lowest BCUT2D eigenvalue weighted by molar-refractivity contribution is 0.0952. The average molecular weight is 218 g/mol. The van der Waals surface area contributed by atoms with Crippen molar-refractivity contribution in [1.82, 2.24) is 15.5 Å². The zero-order chi connectivity index (χ0) is 11.4. The van der Waals surface area contributed by atoms with Gasteiger partial charge in [0.1, 0.15) is 5.82 Å². The Bertz CT molecular complexity index is 383. The van der Waals surface area contributed by atoms with Crippen LogP contribution in [-0.4, -0.2) is 28.7 Å². The Balaban J connectivity index is 1.94. The van der Waals surface area contributed by atoms with Crippen LogP contribution in [0.2, 0.25) is 0 Å². The number of hydrogen-bond acceptors (Lipinski definition) is 4. The van der Waals surface area contributed by atoms with Gasteiger partial charge in [-0.2, -0.15) is 0 Å². The molecule has 1 aromatic rings. The number of aromatic nitrogens is 2. The summed E-state index contributed by atoms with van der Waals surface area (Å²) in [5.41, 5.74) is 0.322. The van der Waals surface area contributed by atoms with Crippen molar-refractivity contribution in [2.24, 2.45) is 0 Å². The molecule has 0 bridgehead atoms. The lowest BCUT2D eigenvalue weighted by Gasteiger charge is -2.03. The van der Waals surface area contributed by atoms with Crippen molar-refractivity contribution in [3.63, 3.8) is 0 Å². The molecule has 0 radical (unpaired) electrons. The number of carbonyl (C=O) groups is 1. The Morgan fingerprint density at radius 2 is 2.31 bits per heavy atom. The van der Waals surface area contributed by atoms with Crippen molar-refractivity contribution in [1.29, 1.82) is 0 Å². The largest absolute Gasteiger partial charge is 0.366 e. The highest BCUT2D eigenvalue weighted by atomic mass is 16.1. The zero-order valence-corrected chi connectivity index (χ0v) is 8.94. The molecule has 0 aromatic carbocycles. The number of nitrogens with one attached hydrogen (secondary N) is 2. The van der Waals surface area contributed by atoms with Gasteiger partial charge in [0.05, 0.1) is 0 Å². The molecule has 84 valence electrons. The second-order valence-corrected chi connectivity index (χ2v) is 3.72. The van der Waals surface area contributed by atoms with Crippen LogP contribution >= 0.6 is 0 Å². The van der Waals surface area contributed by atoms with E-state index >= 15 is 0 Å².